The zero-order valence-corrected chi connectivity index (χ0v) is 30.4. The molecule has 0 aromatic heterocycles. The summed E-state index contributed by atoms with van der Waals surface area (Å²) in [5.74, 6) is 0.817. The number of allylic oxidation sites excluding steroid dienone is 8. The molecule has 232 valence electrons. The maximum absolute atomic E-state index is 11.2. The number of rotatable bonds is 4. The van der Waals surface area contributed by atoms with Crippen molar-refractivity contribution >= 4 is 0 Å². The number of hydrogen-bond donors (Lipinski definition) is 0. The molecule has 6 nitrogen and oxygen atoms in total. The topological polar surface area (TPSA) is 83.0 Å². The molecule has 0 saturated carbocycles. The summed E-state index contributed by atoms with van der Waals surface area (Å²) in [5, 5.41) is 22.4. The minimum Gasteiger partial charge on any atom is -0.867 e. The van der Waals surface area contributed by atoms with E-state index in [2.05, 4.69) is 79.7 Å². The SMILES string of the molecule is CC1=[C-]CC(C(C)(C)C)=C1.CC1=[C-]CC(C(C)(C)C)=C1.COc1cccc(OC)c1[O-].COc1cccc(OC)c1[O-].[Zr+4]. The smallest absolute Gasteiger partial charge is 0.867 e. The Labute approximate surface area is 279 Å². The van der Waals surface area contributed by atoms with Gasteiger partial charge in [-0.25, -0.2) is 23.3 Å². The number of ether oxygens (including phenoxy) is 4. The van der Waals surface area contributed by atoms with Crippen molar-refractivity contribution in [3.8, 4) is 34.5 Å². The molecule has 2 aliphatic rings. The average Bonchev–Trinajstić information content (AvgIpc) is 3.58. The summed E-state index contributed by atoms with van der Waals surface area (Å²) in [6.45, 7) is 17.7. The minimum absolute atomic E-state index is 0. The fourth-order valence-electron chi connectivity index (χ4n) is 3.79. The maximum Gasteiger partial charge on any atom is 4.00 e. The molecule has 0 N–H and O–H groups in total. The Balaban J connectivity index is 0.000000543. The van der Waals surface area contributed by atoms with E-state index >= 15 is 0 Å². The second-order valence-electron chi connectivity index (χ2n) is 11.9. The van der Waals surface area contributed by atoms with E-state index in [0.29, 0.717) is 33.8 Å². The van der Waals surface area contributed by atoms with Gasteiger partial charge in [-0.3, -0.25) is 12.2 Å². The normalized spacial score (nSPS) is 13.5. The Bertz CT molecular complexity index is 1130. The van der Waals surface area contributed by atoms with E-state index in [9.17, 15) is 10.2 Å². The van der Waals surface area contributed by atoms with Gasteiger partial charge in [0, 0.05) is 0 Å². The molecule has 0 amide bonds. The van der Waals surface area contributed by atoms with Crippen LogP contribution in [-0.2, 0) is 26.2 Å². The molecule has 0 unspecified atom stereocenters. The third kappa shape index (κ3) is 13.5. The van der Waals surface area contributed by atoms with Crippen molar-refractivity contribution in [2.45, 2.75) is 68.2 Å². The zero-order chi connectivity index (χ0) is 32.1. The number of para-hydroxylation sites is 2. The van der Waals surface area contributed by atoms with Crippen LogP contribution in [0, 0.1) is 23.0 Å². The van der Waals surface area contributed by atoms with E-state index in [1.807, 2.05) is 0 Å². The molecule has 4 rings (SSSR count). The molecule has 0 aliphatic heterocycles. The van der Waals surface area contributed by atoms with E-state index in [1.54, 1.807) is 36.4 Å². The Morgan fingerprint density at radius 2 is 0.814 bits per heavy atom. The molecule has 0 fully saturated rings. The van der Waals surface area contributed by atoms with Gasteiger partial charge in [-0.15, -0.1) is 12.8 Å². The minimum atomic E-state index is -0.211. The third-order valence-electron chi connectivity index (χ3n) is 6.59. The molecule has 7 heteroatoms. The Kier molecular flexibility index (Phi) is 17.4. The summed E-state index contributed by atoms with van der Waals surface area (Å²) in [7, 11) is 5.82. The first-order chi connectivity index (χ1) is 19.6. The van der Waals surface area contributed by atoms with Crippen molar-refractivity contribution in [2.75, 3.05) is 28.4 Å². The molecule has 0 saturated heterocycles. The molecule has 2 aromatic rings. The first kappa shape index (κ1) is 40.1. The van der Waals surface area contributed by atoms with Gasteiger partial charge in [-0.05, 0) is 46.6 Å². The van der Waals surface area contributed by atoms with Crippen molar-refractivity contribution in [1.29, 1.82) is 0 Å². The van der Waals surface area contributed by atoms with Gasteiger partial charge < -0.3 is 29.2 Å². The van der Waals surface area contributed by atoms with Gasteiger partial charge in [0.2, 0.25) is 0 Å². The first-order valence-electron chi connectivity index (χ1n) is 13.9. The molecular weight excluding hydrogens is 620 g/mol. The van der Waals surface area contributed by atoms with Crippen LogP contribution in [0.3, 0.4) is 0 Å². The summed E-state index contributed by atoms with van der Waals surface area (Å²) in [5.41, 5.74) is 6.28. The molecule has 2 aromatic carbocycles. The van der Waals surface area contributed by atoms with Crippen LogP contribution >= 0.6 is 0 Å². The summed E-state index contributed by atoms with van der Waals surface area (Å²) in [4.78, 5) is 0. The fraction of sp³-hybridized carbons (Fsp3) is 0.444. The van der Waals surface area contributed by atoms with Crippen LogP contribution < -0.4 is 29.2 Å². The molecule has 43 heavy (non-hydrogen) atoms. The Morgan fingerprint density at radius 3 is 0.953 bits per heavy atom. The van der Waals surface area contributed by atoms with E-state index in [1.165, 1.54) is 50.7 Å². The molecule has 2 aliphatic carbocycles. The van der Waals surface area contributed by atoms with Gasteiger partial charge >= 0.3 is 26.2 Å². The summed E-state index contributed by atoms with van der Waals surface area (Å²) in [6, 6.07) is 9.82. The van der Waals surface area contributed by atoms with Crippen molar-refractivity contribution in [3.63, 3.8) is 0 Å². The van der Waals surface area contributed by atoms with Gasteiger partial charge in [0.1, 0.15) is 23.0 Å². The van der Waals surface area contributed by atoms with Crippen LogP contribution in [0.25, 0.3) is 0 Å². The zero-order valence-electron chi connectivity index (χ0n) is 28.0. The van der Waals surface area contributed by atoms with Crippen molar-refractivity contribution in [2.24, 2.45) is 10.8 Å². The standard InChI is InChI=1S/2C10H15.2C8H10O3.Zr/c2*1-8-5-6-9(7-8)10(2,3)4;2*1-10-6-4-3-5-7(11-2)8(6)9;/h2*7H,6H2,1-4H3;2*3-5,9H,1-2H3;/q2*-1;;;+4/p-2. The number of hydrogen-bond acceptors (Lipinski definition) is 6. The van der Waals surface area contributed by atoms with E-state index in [0.717, 1.165) is 12.8 Å². The van der Waals surface area contributed by atoms with Crippen LogP contribution in [0.4, 0.5) is 0 Å². The van der Waals surface area contributed by atoms with Gasteiger partial charge in [-0.1, -0.05) is 67.5 Å². The van der Waals surface area contributed by atoms with Gasteiger partial charge in [0.15, 0.2) is 0 Å². The fourth-order valence-corrected chi connectivity index (χ4v) is 3.79. The van der Waals surface area contributed by atoms with E-state index < -0.39 is 0 Å². The van der Waals surface area contributed by atoms with Gasteiger partial charge in [-0.2, -0.15) is 11.1 Å². The van der Waals surface area contributed by atoms with Crippen LogP contribution in [0.15, 0.2) is 70.8 Å². The van der Waals surface area contributed by atoms with Crippen LogP contribution in [0.5, 0.6) is 34.5 Å². The van der Waals surface area contributed by atoms with E-state index in [4.69, 9.17) is 18.9 Å². The summed E-state index contributed by atoms with van der Waals surface area (Å²) < 4.78 is 19.2. The maximum atomic E-state index is 11.2. The van der Waals surface area contributed by atoms with Crippen LogP contribution in [0.2, 0.25) is 0 Å². The van der Waals surface area contributed by atoms with Gasteiger partial charge in [0.05, 0.1) is 28.4 Å². The summed E-state index contributed by atoms with van der Waals surface area (Å²) in [6.07, 6.45) is 13.2. The van der Waals surface area contributed by atoms with Gasteiger partial charge in [0.25, 0.3) is 0 Å². The first-order valence-corrected chi connectivity index (χ1v) is 13.9. The number of methoxy groups -OCH3 is 4. The summed E-state index contributed by atoms with van der Waals surface area (Å²) >= 11 is 0. The van der Waals surface area contributed by atoms with Crippen LogP contribution in [0.1, 0.15) is 68.2 Å². The molecule has 0 bridgehead atoms. The quantitative estimate of drug-likeness (QED) is 0.310. The predicted octanol–water partition coefficient (Wildman–Crippen LogP) is 7.78. The second-order valence-corrected chi connectivity index (χ2v) is 11.9. The largest absolute Gasteiger partial charge is 4.00 e. The molecule has 0 heterocycles. The second kappa shape index (κ2) is 18.7. The van der Waals surface area contributed by atoms with Crippen molar-refractivity contribution in [1.82, 2.24) is 0 Å². The van der Waals surface area contributed by atoms with Crippen molar-refractivity contribution in [3.05, 3.63) is 83.0 Å². The molecule has 0 atom stereocenters. The number of benzene rings is 2. The predicted molar refractivity (Wildman–Crippen MR) is 167 cm³/mol. The molecular formula is C36H48O6Zr. The Hall–Kier alpha value is -2.92. The molecule has 0 radical (unpaired) electrons. The monoisotopic (exact) mass is 666 g/mol. The van der Waals surface area contributed by atoms with Crippen molar-refractivity contribution < 1.29 is 55.4 Å². The average molecular weight is 668 g/mol. The van der Waals surface area contributed by atoms with E-state index in [-0.39, 0.29) is 37.7 Å². The molecule has 0 spiro atoms. The van der Waals surface area contributed by atoms with Crippen LogP contribution in [-0.4, -0.2) is 28.4 Å². The third-order valence-corrected chi connectivity index (χ3v) is 6.59. The Morgan fingerprint density at radius 1 is 0.558 bits per heavy atom.